The van der Waals surface area contributed by atoms with Crippen LogP contribution in [0.2, 0.25) is 0 Å². The molecule has 0 saturated carbocycles. The van der Waals surface area contributed by atoms with E-state index in [1.165, 1.54) is 18.7 Å². The molecule has 5 N–H and O–H groups in total. The molecule has 1 aliphatic carbocycles. The topological polar surface area (TPSA) is 153 Å². The lowest BCUT2D eigenvalue weighted by Gasteiger charge is -2.18. The van der Waals surface area contributed by atoms with Gasteiger partial charge in [0.2, 0.25) is 11.8 Å². The van der Waals surface area contributed by atoms with Crippen LogP contribution in [0.1, 0.15) is 44.7 Å². The molecule has 4 aromatic carbocycles. The zero-order chi connectivity index (χ0) is 33.1. The largest absolute Gasteiger partial charge is 0.480 e. The molecule has 0 fully saturated rings. The van der Waals surface area contributed by atoms with Crippen LogP contribution in [0.15, 0.2) is 102 Å². The summed E-state index contributed by atoms with van der Waals surface area (Å²) in [5.41, 5.74) is 12.3. The van der Waals surface area contributed by atoms with Crippen molar-refractivity contribution in [3.63, 3.8) is 0 Å². The van der Waals surface area contributed by atoms with Crippen LogP contribution in [-0.4, -0.2) is 52.0 Å². The van der Waals surface area contributed by atoms with Gasteiger partial charge in [-0.3, -0.25) is 14.2 Å². The average Bonchev–Trinajstić information content (AvgIpc) is 3.60. The van der Waals surface area contributed by atoms with Crippen LogP contribution < -0.4 is 16.4 Å². The lowest BCUT2D eigenvalue weighted by Crippen LogP contribution is -2.43. The summed E-state index contributed by atoms with van der Waals surface area (Å²) in [7, 11) is 0. The number of nitrogens with two attached hydrogens (primary N) is 1. The number of fused-ring (bicyclic) bond motifs is 4. The smallest absolute Gasteiger partial charge is 0.407 e. The summed E-state index contributed by atoms with van der Waals surface area (Å²) in [4.78, 5) is 49.9. The predicted molar refractivity (Wildman–Crippen MR) is 181 cm³/mol. The Hall–Kier alpha value is -5.55. The third kappa shape index (κ3) is 6.56. The summed E-state index contributed by atoms with van der Waals surface area (Å²) >= 11 is 1.19. The predicted octanol–water partition coefficient (Wildman–Crippen LogP) is 6.10. The molecule has 11 heteroatoms. The van der Waals surface area contributed by atoms with Crippen molar-refractivity contribution in [2.45, 2.75) is 30.3 Å². The highest BCUT2D eigenvalue weighted by Gasteiger charge is 2.30. The molecule has 2 amide bonds. The van der Waals surface area contributed by atoms with Crippen LogP contribution in [0, 0.1) is 0 Å². The number of benzene rings is 4. The first-order chi connectivity index (χ1) is 22.7. The van der Waals surface area contributed by atoms with Crippen LogP contribution in [0.5, 0.6) is 0 Å². The molecule has 1 aromatic heterocycles. The van der Waals surface area contributed by atoms with Crippen LogP contribution in [0.3, 0.4) is 0 Å². The summed E-state index contributed by atoms with van der Waals surface area (Å²) in [6.07, 6.45) is 0.938. The number of rotatable bonds is 11. The number of ether oxygens (including phenoxy) is 1. The quantitative estimate of drug-likeness (QED) is 0.126. The monoisotopic (exact) mass is 648 g/mol. The number of carboxylic acids is 1. The molecular weight excluding hydrogens is 616 g/mol. The highest BCUT2D eigenvalue weighted by Crippen LogP contribution is 2.44. The van der Waals surface area contributed by atoms with Gasteiger partial charge in [-0.25, -0.2) is 9.59 Å². The number of nitrogens with one attached hydrogen (secondary N) is 2. The van der Waals surface area contributed by atoms with E-state index >= 15 is 0 Å². The number of carbonyl (C=O) groups is 4. The molecule has 0 bridgehead atoms. The number of carbonyl (C=O) groups excluding carboxylic acids is 3. The molecule has 6 rings (SSSR count). The van der Waals surface area contributed by atoms with E-state index in [1.807, 2.05) is 72.8 Å². The highest BCUT2D eigenvalue weighted by atomic mass is 32.2. The van der Waals surface area contributed by atoms with Crippen molar-refractivity contribution in [3.05, 3.63) is 119 Å². The molecule has 238 valence electrons. The van der Waals surface area contributed by atoms with Crippen LogP contribution >= 0.6 is 11.8 Å². The van der Waals surface area contributed by atoms with Crippen LogP contribution in [-0.2, 0) is 16.1 Å². The van der Waals surface area contributed by atoms with Crippen molar-refractivity contribution in [1.29, 1.82) is 0 Å². The van der Waals surface area contributed by atoms with Gasteiger partial charge >= 0.3 is 12.1 Å². The molecule has 10 nitrogen and oxygen atoms in total. The number of carboxylic acid groups (broad SMARTS) is 1. The van der Waals surface area contributed by atoms with Gasteiger partial charge < -0.3 is 26.2 Å². The number of thioether (sulfide) groups is 1. The molecule has 1 heterocycles. The first-order valence-electron chi connectivity index (χ1n) is 15.0. The van der Waals surface area contributed by atoms with Gasteiger partial charge in [-0.2, -0.15) is 0 Å². The zero-order valence-electron chi connectivity index (χ0n) is 25.4. The van der Waals surface area contributed by atoms with Crippen molar-refractivity contribution in [3.8, 4) is 11.1 Å². The van der Waals surface area contributed by atoms with Crippen molar-refractivity contribution in [2.24, 2.45) is 5.73 Å². The first-order valence-corrected chi connectivity index (χ1v) is 15.9. The normalized spacial score (nSPS) is 12.6. The van der Waals surface area contributed by atoms with Gasteiger partial charge in [-0.15, -0.1) is 11.8 Å². The van der Waals surface area contributed by atoms with E-state index in [2.05, 4.69) is 10.6 Å². The van der Waals surface area contributed by atoms with E-state index in [9.17, 15) is 24.3 Å². The Bertz CT molecular complexity index is 1980. The molecule has 0 radical (unpaired) electrons. The minimum absolute atomic E-state index is 0.0201. The number of alkyl carbamates (subject to hydrolysis) is 1. The number of hydrogen-bond acceptors (Lipinski definition) is 7. The van der Waals surface area contributed by atoms with E-state index in [4.69, 9.17) is 10.5 Å². The van der Waals surface area contributed by atoms with Gasteiger partial charge in [-0.1, -0.05) is 66.7 Å². The van der Waals surface area contributed by atoms with Gasteiger partial charge in [0.1, 0.15) is 12.6 Å². The molecular formula is C36H32N4O6S. The minimum atomic E-state index is -1.26. The second-order valence-corrected chi connectivity index (χ2v) is 12.2. The Morgan fingerprint density at radius 3 is 2.26 bits per heavy atom. The summed E-state index contributed by atoms with van der Waals surface area (Å²) in [5, 5.41) is 16.6. The maximum Gasteiger partial charge on any atom is 0.407 e. The average molecular weight is 649 g/mol. The van der Waals surface area contributed by atoms with E-state index in [1.54, 1.807) is 29.0 Å². The van der Waals surface area contributed by atoms with Gasteiger partial charge in [-0.05, 0) is 52.1 Å². The Morgan fingerprint density at radius 2 is 1.60 bits per heavy atom. The van der Waals surface area contributed by atoms with Crippen molar-refractivity contribution in [2.75, 3.05) is 17.7 Å². The van der Waals surface area contributed by atoms with Crippen molar-refractivity contribution < 1.29 is 29.0 Å². The third-order valence-electron chi connectivity index (χ3n) is 8.21. The molecule has 5 aromatic rings. The Morgan fingerprint density at radius 1 is 0.936 bits per heavy atom. The lowest BCUT2D eigenvalue weighted by molar-refractivity contribution is -0.138. The Kier molecular flexibility index (Phi) is 8.99. The summed E-state index contributed by atoms with van der Waals surface area (Å²) in [6.45, 7) is 1.86. The standard InChI is InChI=1S/C36H32N4O6S/c1-21(41)40-18-23(24-8-6-7-13-32(24)40)17-38-30-16-22(34(37)42)14-15-33(30)47-20-31(35(43)44)39-36(45)46-19-29-27-11-4-2-9-25(27)26-10-3-5-12-28(26)29/h2-16,18,29,31,38H,17,19-20H2,1H3,(H2,37,42)(H,39,45)(H,43,44)/t31-/m0/s1. The van der Waals surface area contributed by atoms with Crippen molar-refractivity contribution >= 4 is 52.2 Å². The van der Waals surface area contributed by atoms with Crippen LogP contribution in [0.4, 0.5) is 10.5 Å². The van der Waals surface area contributed by atoms with Crippen molar-refractivity contribution in [1.82, 2.24) is 9.88 Å². The summed E-state index contributed by atoms with van der Waals surface area (Å²) in [5.74, 6) is -2.13. The molecule has 0 aliphatic heterocycles. The Balaban J connectivity index is 1.13. The number of amides is 2. The number of primary amides is 1. The van der Waals surface area contributed by atoms with E-state index in [0.29, 0.717) is 17.1 Å². The maximum absolute atomic E-state index is 12.9. The second kappa shape index (κ2) is 13.4. The molecule has 1 aliphatic rings. The third-order valence-corrected chi connectivity index (χ3v) is 9.37. The van der Waals surface area contributed by atoms with Gasteiger partial charge in [0.05, 0.1) is 5.52 Å². The lowest BCUT2D eigenvalue weighted by atomic mass is 9.98. The Labute approximate surface area is 274 Å². The van der Waals surface area contributed by atoms with E-state index in [-0.39, 0.29) is 29.7 Å². The number of aliphatic carboxylic acids is 1. The fourth-order valence-electron chi connectivity index (χ4n) is 5.92. The number of aromatic nitrogens is 1. The number of nitrogens with zero attached hydrogens (tertiary/aromatic N) is 1. The highest BCUT2D eigenvalue weighted by molar-refractivity contribution is 7.99. The summed E-state index contributed by atoms with van der Waals surface area (Å²) < 4.78 is 7.14. The van der Waals surface area contributed by atoms with Gasteiger partial charge in [0.25, 0.3) is 0 Å². The molecule has 47 heavy (non-hydrogen) atoms. The van der Waals surface area contributed by atoms with E-state index in [0.717, 1.165) is 38.7 Å². The first kappa shape index (κ1) is 31.4. The van der Waals surface area contributed by atoms with Gasteiger partial charge in [0, 0.05) is 52.9 Å². The second-order valence-electron chi connectivity index (χ2n) is 11.2. The maximum atomic E-state index is 12.9. The molecule has 0 saturated heterocycles. The summed E-state index contributed by atoms with van der Waals surface area (Å²) in [6, 6.07) is 27.0. The van der Waals surface area contributed by atoms with Crippen LogP contribution in [0.25, 0.3) is 22.0 Å². The molecule has 0 unspecified atom stereocenters. The minimum Gasteiger partial charge on any atom is -0.480 e. The SMILES string of the molecule is CC(=O)n1cc(CNc2cc(C(N)=O)ccc2SC[C@H](NC(=O)OCC2c3ccccc3-c3ccccc32)C(=O)O)c2ccccc21. The molecule has 1 atom stereocenters. The van der Waals surface area contributed by atoms with E-state index < -0.39 is 24.0 Å². The number of anilines is 1. The number of hydrogen-bond donors (Lipinski definition) is 4. The fraction of sp³-hybridized carbons (Fsp3) is 0.167. The zero-order valence-corrected chi connectivity index (χ0v) is 26.3. The number of para-hydroxylation sites is 1. The molecule has 0 spiro atoms. The fourth-order valence-corrected chi connectivity index (χ4v) is 6.94. The van der Waals surface area contributed by atoms with Gasteiger partial charge in [0.15, 0.2) is 0 Å².